The number of nitrogens with one attached hydrogen (secondary N) is 1. The number of H-pyrrole nitrogens is 1. The third kappa shape index (κ3) is 1.98. The number of nitrogens with zero attached hydrogens (tertiary/aromatic N) is 6. The van der Waals surface area contributed by atoms with Gasteiger partial charge < -0.3 is 4.98 Å². The van der Waals surface area contributed by atoms with E-state index in [9.17, 15) is 9.59 Å². The first-order chi connectivity index (χ1) is 11.6. The summed E-state index contributed by atoms with van der Waals surface area (Å²) < 4.78 is 4.04. The highest BCUT2D eigenvalue weighted by atomic mass is 16.2. The molecule has 0 aliphatic rings. The zero-order valence-electron chi connectivity index (χ0n) is 13.0. The Labute approximate surface area is 134 Å². The molecule has 4 aromatic rings. The van der Waals surface area contributed by atoms with Gasteiger partial charge in [-0.15, -0.1) is 0 Å². The van der Waals surface area contributed by atoms with E-state index in [0.717, 1.165) is 15.8 Å². The van der Waals surface area contributed by atoms with Crippen molar-refractivity contribution in [1.82, 2.24) is 33.9 Å². The molecule has 1 N–H and O–H groups in total. The number of imidazole rings is 1. The molecule has 24 heavy (non-hydrogen) atoms. The molecule has 0 saturated carbocycles. The van der Waals surface area contributed by atoms with Crippen LogP contribution in [0.25, 0.3) is 28.2 Å². The molecule has 9 heteroatoms. The Morgan fingerprint density at radius 2 is 1.79 bits per heavy atom. The van der Waals surface area contributed by atoms with Crippen molar-refractivity contribution in [2.45, 2.75) is 0 Å². The van der Waals surface area contributed by atoms with Gasteiger partial charge in [0, 0.05) is 19.7 Å². The summed E-state index contributed by atoms with van der Waals surface area (Å²) in [4.78, 5) is 35.5. The molecule has 0 atom stereocenters. The van der Waals surface area contributed by atoms with Crippen LogP contribution in [0.3, 0.4) is 0 Å². The Balaban J connectivity index is 1.85. The van der Waals surface area contributed by atoms with Gasteiger partial charge in [0.15, 0.2) is 5.65 Å². The Bertz CT molecular complexity index is 1150. The van der Waals surface area contributed by atoms with Crippen molar-refractivity contribution >= 4 is 11.2 Å². The van der Waals surface area contributed by atoms with E-state index in [1.165, 1.54) is 17.9 Å². The van der Waals surface area contributed by atoms with Gasteiger partial charge in [-0.25, -0.2) is 19.4 Å². The van der Waals surface area contributed by atoms with Gasteiger partial charge in [0.25, 0.3) is 5.56 Å². The van der Waals surface area contributed by atoms with Crippen LogP contribution in [0.1, 0.15) is 0 Å². The molecule has 1 aromatic carbocycles. The quantitative estimate of drug-likeness (QED) is 0.568. The van der Waals surface area contributed by atoms with Gasteiger partial charge >= 0.3 is 5.69 Å². The molecule has 0 saturated heterocycles. The van der Waals surface area contributed by atoms with Crippen LogP contribution in [0.15, 0.2) is 46.5 Å². The largest absolute Gasteiger partial charge is 0.332 e. The van der Waals surface area contributed by atoms with Crippen LogP contribution in [0.5, 0.6) is 0 Å². The van der Waals surface area contributed by atoms with E-state index in [-0.39, 0.29) is 0 Å². The summed E-state index contributed by atoms with van der Waals surface area (Å²) in [6.07, 6.45) is 3.07. The zero-order valence-corrected chi connectivity index (χ0v) is 13.0. The van der Waals surface area contributed by atoms with E-state index in [0.29, 0.717) is 17.0 Å². The fraction of sp³-hybridized carbons (Fsp3) is 0.133. The van der Waals surface area contributed by atoms with Crippen molar-refractivity contribution in [3.8, 4) is 17.1 Å². The normalized spacial score (nSPS) is 11.2. The average molecular weight is 323 g/mol. The summed E-state index contributed by atoms with van der Waals surface area (Å²) >= 11 is 0. The number of hydrogen-bond donors (Lipinski definition) is 1. The Morgan fingerprint density at radius 1 is 1.04 bits per heavy atom. The number of aromatic nitrogens is 7. The maximum atomic E-state index is 12.2. The summed E-state index contributed by atoms with van der Waals surface area (Å²) in [5.41, 5.74) is 1.48. The topological polar surface area (TPSA) is 103 Å². The zero-order chi connectivity index (χ0) is 16.8. The standard InChI is InChI=1S/C15H13N7O2/c1-20-13-11(14(23)21(2)15(20)24)18-12(19-13)9-3-5-10(6-4-9)22-8-16-7-17-22/h3-8H,1-2H3,(H,18,19). The second kappa shape index (κ2) is 5.01. The first kappa shape index (κ1) is 14.1. The maximum Gasteiger partial charge on any atom is 0.332 e. The molecular weight excluding hydrogens is 310 g/mol. The monoisotopic (exact) mass is 323 g/mol. The van der Waals surface area contributed by atoms with Gasteiger partial charge in [-0.3, -0.25) is 13.9 Å². The first-order valence-electron chi connectivity index (χ1n) is 7.17. The lowest BCUT2D eigenvalue weighted by Gasteiger charge is -2.01. The number of fused-ring (bicyclic) bond motifs is 1. The van der Waals surface area contributed by atoms with Crippen molar-refractivity contribution in [1.29, 1.82) is 0 Å². The Hall–Kier alpha value is -3.49. The van der Waals surface area contributed by atoms with Gasteiger partial charge in [-0.1, -0.05) is 0 Å². The number of hydrogen-bond acceptors (Lipinski definition) is 5. The fourth-order valence-corrected chi connectivity index (χ4v) is 2.58. The van der Waals surface area contributed by atoms with E-state index >= 15 is 0 Å². The highest BCUT2D eigenvalue weighted by Crippen LogP contribution is 2.19. The Kier molecular flexibility index (Phi) is 2.95. The van der Waals surface area contributed by atoms with E-state index < -0.39 is 11.2 Å². The molecule has 120 valence electrons. The highest BCUT2D eigenvalue weighted by Gasteiger charge is 2.14. The second-order valence-electron chi connectivity index (χ2n) is 5.38. The molecule has 3 heterocycles. The molecule has 0 aliphatic carbocycles. The number of rotatable bonds is 2. The van der Waals surface area contributed by atoms with Gasteiger partial charge in [0.05, 0.1) is 5.69 Å². The molecule has 0 unspecified atom stereocenters. The lowest BCUT2D eigenvalue weighted by Crippen LogP contribution is -2.36. The molecule has 0 radical (unpaired) electrons. The van der Waals surface area contributed by atoms with Crippen molar-refractivity contribution in [2.75, 3.05) is 0 Å². The van der Waals surface area contributed by atoms with Crippen LogP contribution in [0.4, 0.5) is 0 Å². The molecule has 0 bridgehead atoms. The fourth-order valence-electron chi connectivity index (χ4n) is 2.58. The Morgan fingerprint density at radius 3 is 2.46 bits per heavy atom. The minimum Gasteiger partial charge on any atom is -0.332 e. The van der Waals surface area contributed by atoms with E-state index in [1.807, 2.05) is 24.3 Å². The summed E-state index contributed by atoms with van der Waals surface area (Å²) in [5.74, 6) is 0.522. The van der Waals surface area contributed by atoms with Crippen LogP contribution in [0, 0.1) is 0 Å². The molecule has 3 aromatic heterocycles. The van der Waals surface area contributed by atoms with Crippen molar-refractivity contribution in [3.63, 3.8) is 0 Å². The van der Waals surface area contributed by atoms with E-state index in [4.69, 9.17) is 0 Å². The number of aryl methyl sites for hydroxylation is 1. The van der Waals surface area contributed by atoms with Gasteiger partial charge in [-0.2, -0.15) is 5.10 Å². The smallest absolute Gasteiger partial charge is 0.332 e. The number of benzene rings is 1. The molecular formula is C15H13N7O2. The minimum atomic E-state index is -0.410. The predicted octanol–water partition coefficient (Wildman–Crippen LogP) is 0.208. The summed E-state index contributed by atoms with van der Waals surface area (Å²) in [5, 5.41) is 4.07. The van der Waals surface area contributed by atoms with Crippen LogP contribution >= 0.6 is 0 Å². The summed E-state index contributed by atoms with van der Waals surface area (Å²) in [6.45, 7) is 0. The summed E-state index contributed by atoms with van der Waals surface area (Å²) in [7, 11) is 3.03. The van der Waals surface area contributed by atoms with Crippen LogP contribution in [-0.2, 0) is 14.1 Å². The maximum absolute atomic E-state index is 12.2. The first-order valence-corrected chi connectivity index (χ1v) is 7.17. The predicted molar refractivity (Wildman–Crippen MR) is 86.9 cm³/mol. The SMILES string of the molecule is Cn1c(=O)c2[nH]c(-c3ccc(-n4cncn4)cc3)nc2n(C)c1=O. The lowest BCUT2D eigenvalue weighted by atomic mass is 10.2. The lowest BCUT2D eigenvalue weighted by molar-refractivity contribution is 0.709. The van der Waals surface area contributed by atoms with Crippen molar-refractivity contribution in [2.24, 2.45) is 14.1 Å². The molecule has 4 rings (SSSR count). The van der Waals surface area contributed by atoms with E-state index in [2.05, 4.69) is 20.1 Å². The van der Waals surface area contributed by atoms with E-state index in [1.54, 1.807) is 18.1 Å². The van der Waals surface area contributed by atoms with Gasteiger partial charge in [-0.05, 0) is 24.3 Å². The molecule has 0 spiro atoms. The minimum absolute atomic E-state index is 0.301. The third-order valence-electron chi connectivity index (χ3n) is 3.92. The van der Waals surface area contributed by atoms with Gasteiger partial charge in [0.2, 0.25) is 0 Å². The molecule has 0 fully saturated rings. The van der Waals surface area contributed by atoms with Crippen molar-refractivity contribution < 1.29 is 0 Å². The highest BCUT2D eigenvalue weighted by molar-refractivity contribution is 5.75. The van der Waals surface area contributed by atoms with Gasteiger partial charge in [0.1, 0.15) is 24.0 Å². The molecule has 0 aliphatic heterocycles. The molecule has 0 amide bonds. The van der Waals surface area contributed by atoms with Crippen LogP contribution in [0.2, 0.25) is 0 Å². The molecule has 9 nitrogen and oxygen atoms in total. The van der Waals surface area contributed by atoms with Crippen LogP contribution < -0.4 is 11.2 Å². The van der Waals surface area contributed by atoms with Crippen molar-refractivity contribution in [3.05, 3.63) is 57.8 Å². The van der Waals surface area contributed by atoms with Crippen LogP contribution in [-0.4, -0.2) is 33.9 Å². The number of aromatic amines is 1. The second-order valence-corrected chi connectivity index (χ2v) is 5.38. The summed E-state index contributed by atoms with van der Waals surface area (Å²) in [6, 6.07) is 7.46. The average Bonchev–Trinajstić information content (AvgIpc) is 3.28. The third-order valence-corrected chi connectivity index (χ3v) is 3.92.